The Morgan fingerprint density at radius 3 is 1.74 bits per heavy atom. The molecule has 0 amide bonds. The number of rotatable bonds is 1. The van der Waals surface area contributed by atoms with E-state index in [9.17, 15) is 5.11 Å². The summed E-state index contributed by atoms with van der Waals surface area (Å²) in [7, 11) is 0. The van der Waals surface area contributed by atoms with E-state index in [0.717, 1.165) is 42.2 Å². The molecule has 1 N–H and O–H groups in total. The summed E-state index contributed by atoms with van der Waals surface area (Å²) in [6.07, 6.45) is 4.20. The van der Waals surface area contributed by atoms with E-state index in [4.69, 9.17) is 0 Å². The maximum absolute atomic E-state index is 12.4. The molecule has 27 heavy (non-hydrogen) atoms. The van der Waals surface area contributed by atoms with Crippen molar-refractivity contribution in [2.24, 2.45) is 0 Å². The van der Waals surface area contributed by atoms with Crippen LogP contribution in [0.4, 0.5) is 0 Å². The summed E-state index contributed by atoms with van der Waals surface area (Å²) in [5.41, 5.74) is 3.61. The summed E-state index contributed by atoms with van der Waals surface area (Å²) in [5, 5.41) is 14.7. The Morgan fingerprint density at radius 2 is 1.11 bits per heavy atom. The van der Waals surface area contributed by atoms with Crippen LogP contribution in [0.25, 0.3) is 22.9 Å². The minimum atomic E-state index is -1.22. The van der Waals surface area contributed by atoms with Crippen molar-refractivity contribution in [1.82, 2.24) is 0 Å². The first-order valence-electron chi connectivity index (χ1n) is 8.97. The van der Waals surface area contributed by atoms with Gasteiger partial charge in [-0.05, 0) is 56.3 Å². The first-order chi connectivity index (χ1) is 13.2. The molecule has 0 bridgehead atoms. The summed E-state index contributed by atoms with van der Waals surface area (Å²) < 4.78 is 1.14. The molecule has 5 rings (SSSR count). The molecule has 4 aromatic carbocycles. The number of halogens is 1. The lowest BCUT2D eigenvalue weighted by atomic mass is 9.76. The second kappa shape index (κ2) is 6.32. The predicted molar refractivity (Wildman–Crippen MR) is 121 cm³/mol. The van der Waals surface area contributed by atoms with Crippen LogP contribution >= 0.6 is 22.6 Å². The summed E-state index contributed by atoms with van der Waals surface area (Å²) in [4.78, 5) is 0. The second-order valence-corrected chi connectivity index (χ2v) is 8.02. The van der Waals surface area contributed by atoms with Gasteiger partial charge in [-0.25, -0.2) is 0 Å². The van der Waals surface area contributed by atoms with Crippen molar-refractivity contribution in [2.45, 2.75) is 5.60 Å². The van der Waals surface area contributed by atoms with Crippen molar-refractivity contribution >= 4 is 45.5 Å². The van der Waals surface area contributed by atoms with E-state index in [1.54, 1.807) is 0 Å². The highest BCUT2D eigenvalue weighted by molar-refractivity contribution is 14.1. The van der Waals surface area contributed by atoms with Crippen molar-refractivity contribution in [1.29, 1.82) is 0 Å². The quantitative estimate of drug-likeness (QED) is 0.335. The molecule has 1 nitrogen and oxygen atoms in total. The lowest BCUT2D eigenvalue weighted by Crippen LogP contribution is -2.30. The van der Waals surface area contributed by atoms with Crippen LogP contribution in [0, 0.1) is 3.57 Å². The lowest BCUT2D eigenvalue weighted by Gasteiger charge is -2.33. The topological polar surface area (TPSA) is 20.2 Å². The van der Waals surface area contributed by atoms with Crippen LogP contribution < -0.4 is 0 Å². The van der Waals surface area contributed by atoms with Crippen LogP contribution in [0.1, 0.15) is 27.8 Å². The number of aliphatic hydroxyl groups is 1. The molecular weight excluding hydrogens is 443 g/mol. The average Bonchev–Trinajstić information content (AvgIpc) is 2.84. The van der Waals surface area contributed by atoms with Gasteiger partial charge in [-0.1, -0.05) is 91.0 Å². The predicted octanol–water partition coefficient (Wildman–Crippen LogP) is 6.21. The Bertz CT molecular complexity index is 1150. The highest BCUT2D eigenvalue weighted by Crippen LogP contribution is 2.45. The summed E-state index contributed by atoms with van der Waals surface area (Å²) in [5.74, 6) is 0. The van der Waals surface area contributed by atoms with Crippen molar-refractivity contribution in [2.75, 3.05) is 0 Å². The van der Waals surface area contributed by atoms with E-state index in [1.165, 1.54) is 0 Å². The largest absolute Gasteiger partial charge is 0.376 e. The van der Waals surface area contributed by atoms with Gasteiger partial charge in [-0.2, -0.15) is 0 Å². The molecule has 0 saturated carbocycles. The molecule has 1 aliphatic rings. The second-order valence-electron chi connectivity index (χ2n) is 6.86. The molecule has 0 atom stereocenters. The van der Waals surface area contributed by atoms with E-state index in [0.29, 0.717) is 0 Å². The first kappa shape index (κ1) is 16.7. The number of hydrogen-bond donors (Lipinski definition) is 1. The van der Waals surface area contributed by atoms with Gasteiger partial charge in [0.2, 0.25) is 0 Å². The van der Waals surface area contributed by atoms with Crippen molar-refractivity contribution < 1.29 is 5.11 Å². The molecule has 2 heteroatoms. The lowest BCUT2D eigenvalue weighted by molar-refractivity contribution is 0.127. The van der Waals surface area contributed by atoms with Crippen molar-refractivity contribution in [3.8, 4) is 0 Å². The van der Waals surface area contributed by atoms with E-state index in [2.05, 4.69) is 77.2 Å². The Morgan fingerprint density at radius 1 is 0.593 bits per heavy atom. The van der Waals surface area contributed by atoms with Gasteiger partial charge in [0.15, 0.2) is 0 Å². The summed E-state index contributed by atoms with van der Waals surface area (Å²) in [6, 6.07) is 28.7. The molecule has 0 aromatic heterocycles. The SMILES string of the molecule is OC1(c2cccc3cccc(I)c23)c2ccccc2C=Cc2ccccc21. The molecular formula is C25H17IO. The van der Waals surface area contributed by atoms with Gasteiger partial charge in [-0.3, -0.25) is 0 Å². The zero-order valence-corrected chi connectivity index (χ0v) is 16.7. The van der Waals surface area contributed by atoms with E-state index in [1.807, 2.05) is 42.5 Å². The van der Waals surface area contributed by atoms with E-state index >= 15 is 0 Å². The molecule has 1 aliphatic carbocycles. The smallest absolute Gasteiger partial charge is 0.142 e. The van der Waals surface area contributed by atoms with Crippen LogP contribution in [-0.4, -0.2) is 5.11 Å². The van der Waals surface area contributed by atoms with Gasteiger partial charge in [-0.15, -0.1) is 0 Å². The molecule has 0 spiro atoms. The molecule has 4 aromatic rings. The van der Waals surface area contributed by atoms with Gasteiger partial charge in [0, 0.05) is 14.5 Å². The molecule has 0 aliphatic heterocycles. The third kappa shape index (κ3) is 2.47. The first-order valence-corrected chi connectivity index (χ1v) is 10.0. The minimum absolute atomic E-state index is 0.915. The number of hydrogen-bond acceptors (Lipinski definition) is 1. The zero-order chi connectivity index (χ0) is 18.4. The normalized spacial score (nSPS) is 14.4. The Labute approximate surface area is 172 Å². The van der Waals surface area contributed by atoms with Gasteiger partial charge in [0.05, 0.1) is 0 Å². The maximum Gasteiger partial charge on any atom is 0.142 e. The van der Waals surface area contributed by atoms with Crippen LogP contribution in [0.5, 0.6) is 0 Å². The summed E-state index contributed by atoms with van der Waals surface area (Å²) >= 11 is 2.37. The summed E-state index contributed by atoms with van der Waals surface area (Å²) in [6.45, 7) is 0. The third-order valence-corrected chi connectivity index (χ3v) is 6.29. The van der Waals surface area contributed by atoms with Crippen LogP contribution in [0.15, 0.2) is 84.9 Å². The number of benzene rings is 4. The standard InChI is InChI=1S/C25H17IO/c26-23-14-6-10-19-9-5-13-22(24(19)23)25(27)20-11-3-1-7-17(20)15-16-18-8-2-4-12-21(18)25/h1-16,27H. The molecule has 0 heterocycles. The minimum Gasteiger partial charge on any atom is -0.376 e. The van der Waals surface area contributed by atoms with Crippen LogP contribution in [0.2, 0.25) is 0 Å². The monoisotopic (exact) mass is 460 g/mol. The Kier molecular flexibility index (Phi) is 3.92. The van der Waals surface area contributed by atoms with Gasteiger partial charge in [0.25, 0.3) is 0 Å². The van der Waals surface area contributed by atoms with Crippen LogP contribution in [-0.2, 0) is 5.60 Å². The van der Waals surface area contributed by atoms with Gasteiger partial charge in [0.1, 0.15) is 5.60 Å². The van der Waals surface area contributed by atoms with Gasteiger partial charge < -0.3 is 5.11 Å². The molecule has 0 saturated heterocycles. The fraction of sp³-hybridized carbons (Fsp3) is 0.0400. The van der Waals surface area contributed by atoms with E-state index < -0.39 is 5.60 Å². The maximum atomic E-state index is 12.4. The Balaban J connectivity index is 1.96. The van der Waals surface area contributed by atoms with Crippen molar-refractivity contribution in [3.05, 3.63) is 116 Å². The highest BCUT2D eigenvalue weighted by atomic mass is 127. The third-order valence-electron chi connectivity index (χ3n) is 5.39. The zero-order valence-electron chi connectivity index (χ0n) is 14.6. The molecule has 130 valence electrons. The number of fused-ring (bicyclic) bond motifs is 3. The van der Waals surface area contributed by atoms with E-state index in [-0.39, 0.29) is 0 Å². The highest BCUT2D eigenvalue weighted by Gasteiger charge is 2.39. The average molecular weight is 460 g/mol. The molecule has 0 fully saturated rings. The molecule has 0 radical (unpaired) electrons. The Hall–Kier alpha value is -2.43. The molecule has 0 unspecified atom stereocenters. The van der Waals surface area contributed by atoms with Gasteiger partial charge >= 0.3 is 0 Å². The fourth-order valence-electron chi connectivity index (χ4n) is 4.16. The van der Waals surface area contributed by atoms with Crippen LogP contribution in [0.3, 0.4) is 0 Å². The van der Waals surface area contributed by atoms with Crippen molar-refractivity contribution in [3.63, 3.8) is 0 Å². The fourth-order valence-corrected chi connectivity index (χ4v) is 4.96.